The maximum Gasteiger partial charge on any atom is 0.238 e. The Bertz CT molecular complexity index is 532. The third kappa shape index (κ3) is 3.30. The van der Waals surface area contributed by atoms with Crippen LogP contribution in [0.15, 0.2) is 0 Å². The third-order valence-corrected chi connectivity index (χ3v) is 6.31. The van der Waals surface area contributed by atoms with Gasteiger partial charge in [0.25, 0.3) is 0 Å². The molecule has 20 heavy (non-hydrogen) atoms. The summed E-state index contributed by atoms with van der Waals surface area (Å²) in [6.07, 6.45) is 1.65. The van der Waals surface area contributed by atoms with Crippen molar-refractivity contribution in [2.45, 2.75) is 49.9 Å². The molecule has 0 aromatic rings. The van der Waals surface area contributed by atoms with E-state index >= 15 is 0 Å². The summed E-state index contributed by atoms with van der Waals surface area (Å²) in [4.78, 5) is 12.0. The van der Waals surface area contributed by atoms with Gasteiger partial charge in [-0.05, 0) is 25.2 Å². The lowest BCUT2D eigenvalue weighted by Crippen LogP contribution is -2.45. The maximum atomic E-state index is 12.1. The zero-order valence-corrected chi connectivity index (χ0v) is 12.7. The van der Waals surface area contributed by atoms with Crippen LogP contribution in [0.2, 0.25) is 0 Å². The van der Waals surface area contributed by atoms with E-state index < -0.39 is 26.7 Å². The molecule has 2 N–H and O–H groups in total. The first-order valence-electron chi connectivity index (χ1n) is 6.96. The quantitative estimate of drug-likeness (QED) is 0.742. The van der Waals surface area contributed by atoms with E-state index in [4.69, 9.17) is 5.26 Å². The fourth-order valence-corrected chi connectivity index (χ4v) is 4.53. The van der Waals surface area contributed by atoms with Crippen LogP contribution in [0.4, 0.5) is 0 Å². The molecule has 1 heterocycles. The summed E-state index contributed by atoms with van der Waals surface area (Å²) in [5, 5.41) is 14.1. The van der Waals surface area contributed by atoms with Crippen LogP contribution >= 0.6 is 0 Å². The van der Waals surface area contributed by atoms with Gasteiger partial charge in [-0.2, -0.15) is 5.26 Å². The van der Waals surface area contributed by atoms with Crippen molar-refractivity contribution in [1.29, 1.82) is 5.26 Å². The average Bonchev–Trinajstić information content (AvgIpc) is 2.91. The van der Waals surface area contributed by atoms with Crippen molar-refractivity contribution in [1.82, 2.24) is 10.6 Å². The van der Waals surface area contributed by atoms with E-state index in [2.05, 4.69) is 16.7 Å². The van der Waals surface area contributed by atoms with Crippen LogP contribution in [-0.4, -0.2) is 43.5 Å². The molecular weight excluding hydrogens is 278 g/mol. The normalized spacial score (nSPS) is 28.1. The number of rotatable bonds is 5. The molecule has 1 amide bonds. The molecule has 0 aromatic heterocycles. The van der Waals surface area contributed by atoms with Crippen molar-refractivity contribution < 1.29 is 13.2 Å². The highest BCUT2D eigenvalue weighted by Crippen LogP contribution is 2.34. The minimum Gasteiger partial charge on any atom is -0.336 e. The minimum absolute atomic E-state index is 0.0844. The molecule has 0 radical (unpaired) electrons. The van der Waals surface area contributed by atoms with Gasteiger partial charge in [0, 0.05) is 6.54 Å². The standard InChI is InChI=1S/C13H21N3O3S/c1-9(2)7-20(18,19)10-5-11(15-6-10)12(17)16-13(8-14)3-4-13/h9-11,15H,3-7H2,1-2H3,(H,16,17). The van der Waals surface area contributed by atoms with Crippen LogP contribution in [0, 0.1) is 17.2 Å². The number of carbonyl (C=O) groups is 1. The molecule has 1 aliphatic carbocycles. The maximum absolute atomic E-state index is 12.1. The lowest BCUT2D eigenvalue weighted by molar-refractivity contribution is -0.123. The molecule has 2 unspecified atom stereocenters. The molecule has 2 rings (SSSR count). The Kier molecular flexibility index (Phi) is 4.07. The van der Waals surface area contributed by atoms with Gasteiger partial charge in [-0.1, -0.05) is 13.8 Å². The number of nitrogens with zero attached hydrogens (tertiary/aromatic N) is 1. The highest BCUT2D eigenvalue weighted by atomic mass is 32.2. The number of hydrogen-bond acceptors (Lipinski definition) is 5. The zero-order valence-electron chi connectivity index (χ0n) is 11.8. The van der Waals surface area contributed by atoms with Crippen LogP contribution in [0.25, 0.3) is 0 Å². The molecule has 0 aromatic carbocycles. The van der Waals surface area contributed by atoms with Crippen molar-refractivity contribution in [2.24, 2.45) is 5.92 Å². The van der Waals surface area contributed by atoms with Crippen LogP contribution in [0.3, 0.4) is 0 Å². The number of carbonyl (C=O) groups excluding carboxylic acids is 1. The van der Waals surface area contributed by atoms with Crippen molar-refractivity contribution >= 4 is 15.7 Å². The van der Waals surface area contributed by atoms with Gasteiger partial charge in [0.2, 0.25) is 5.91 Å². The van der Waals surface area contributed by atoms with Gasteiger partial charge < -0.3 is 10.6 Å². The Hall–Kier alpha value is -1.13. The summed E-state index contributed by atoms with van der Waals surface area (Å²) in [5.74, 6) is -0.0250. The predicted octanol–water partition coefficient (Wildman–Crippen LogP) is -0.0399. The van der Waals surface area contributed by atoms with Crippen LogP contribution in [-0.2, 0) is 14.6 Å². The second-order valence-corrected chi connectivity index (χ2v) is 8.55. The molecule has 2 fully saturated rings. The summed E-state index contributed by atoms with van der Waals surface area (Å²) in [6, 6.07) is 1.59. The molecule has 2 atom stereocenters. The minimum atomic E-state index is -3.17. The molecule has 1 saturated heterocycles. The monoisotopic (exact) mass is 299 g/mol. The van der Waals surface area contributed by atoms with Gasteiger partial charge in [0.05, 0.1) is 23.1 Å². The van der Waals surface area contributed by atoms with Crippen LogP contribution < -0.4 is 10.6 Å². The summed E-state index contributed by atoms with van der Waals surface area (Å²) in [7, 11) is -3.17. The summed E-state index contributed by atoms with van der Waals surface area (Å²) >= 11 is 0. The van der Waals surface area contributed by atoms with E-state index in [1.165, 1.54) is 0 Å². The first-order chi connectivity index (χ1) is 9.28. The number of hydrogen-bond donors (Lipinski definition) is 2. The molecule has 0 bridgehead atoms. The molecule has 1 saturated carbocycles. The largest absolute Gasteiger partial charge is 0.336 e. The average molecular weight is 299 g/mol. The summed E-state index contributed by atoms with van der Waals surface area (Å²) in [5.41, 5.74) is -0.701. The molecular formula is C13H21N3O3S. The number of sulfone groups is 1. The Morgan fingerprint density at radius 3 is 2.65 bits per heavy atom. The number of amides is 1. The third-order valence-electron chi connectivity index (χ3n) is 3.81. The van der Waals surface area contributed by atoms with Gasteiger partial charge in [0.15, 0.2) is 9.84 Å². The lowest BCUT2D eigenvalue weighted by Gasteiger charge is -2.15. The van der Waals surface area contributed by atoms with Crippen molar-refractivity contribution in [2.75, 3.05) is 12.3 Å². The molecule has 1 aliphatic heterocycles. The Morgan fingerprint density at radius 1 is 1.50 bits per heavy atom. The van der Waals surface area contributed by atoms with E-state index in [-0.39, 0.29) is 17.6 Å². The molecule has 6 nitrogen and oxygen atoms in total. The van der Waals surface area contributed by atoms with E-state index in [1.54, 1.807) is 0 Å². The molecule has 0 spiro atoms. The molecule has 2 aliphatic rings. The Morgan fingerprint density at radius 2 is 2.15 bits per heavy atom. The Labute approximate surface area is 119 Å². The van der Waals surface area contributed by atoms with E-state index in [1.807, 2.05) is 13.8 Å². The first kappa shape index (κ1) is 15.3. The van der Waals surface area contributed by atoms with Gasteiger partial charge in [0.1, 0.15) is 5.54 Å². The van der Waals surface area contributed by atoms with Gasteiger partial charge >= 0.3 is 0 Å². The van der Waals surface area contributed by atoms with Crippen molar-refractivity contribution in [3.05, 3.63) is 0 Å². The van der Waals surface area contributed by atoms with Crippen LogP contribution in [0.1, 0.15) is 33.1 Å². The highest BCUT2D eigenvalue weighted by Gasteiger charge is 2.47. The van der Waals surface area contributed by atoms with Crippen molar-refractivity contribution in [3.63, 3.8) is 0 Å². The van der Waals surface area contributed by atoms with Crippen molar-refractivity contribution in [3.8, 4) is 6.07 Å². The number of nitrogens with one attached hydrogen (secondary N) is 2. The number of nitriles is 1. The summed E-state index contributed by atoms with van der Waals surface area (Å²) < 4.78 is 24.3. The zero-order chi connectivity index (χ0) is 15.0. The second kappa shape index (κ2) is 5.34. The molecule has 112 valence electrons. The fraction of sp³-hybridized carbons (Fsp3) is 0.846. The van der Waals surface area contributed by atoms with Gasteiger partial charge in [-0.15, -0.1) is 0 Å². The SMILES string of the molecule is CC(C)CS(=O)(=O)C1CNC(C(=O)NC2(C#N)CC2)C1. The smallest absolute Gasteiger partial charge is 0.238 e. The second-order valence-electron chi connectivity index (χ2n) is 6.23. The Balaban J connectivity index is 1.92. The van der Waals surface area contributed by atoms with Crippen LogP contribution in [0.5, 0.6) is 0 Å². The van der Waals surface area contributed by atoms with Gasteiger partial charge in [-0.3, -0.25) is 4.79 Å². The van der Waals surface area contributed by atoms with E-state index in [9.17, 15) is 13.2 Å². The van der Waals surface area contributed by atoms with E-state index in [0.717, 1.165) is 0 Å². The predicted molar refractivity (Wildman–Crippen MR) is 74.5 cm³/mol. The topological polar surface area (TPSA) is 99.1 Å². The molecule has 7 heteroatoms. The highest BCUT2D eigenvalue weighted by molar-refractivity contribution is 7.92. The summed E-state index contributed by atoms with van der Waals surface area (Å²) in [6.45, 7) is 4.05. The van der Waals surface area contributed by atoms with E-state index in [0.29, 0.717) is 25.8 Å². The fourth-order valence-electron chi connectivity index (χ4n) is 2.49. The first-order valence-corrected chi connectivity index (χ1v) is 8.68. The van der Waals surface area contributed by atoms with Gasteiger partial charge in [-0.25, -0.2) is 8.42 Å². The lowest BCUT2D eigenvalue weighted by atomic mass is 10.2.